The van der Waals surface area contributed by atoms with Gasteiger partial charge in [-0.15, -0.1) is 0 Å². The van der Waals surface area contributed by atoms with E-state index in [0.29, 0.717) is 6.42 Å². The van der Waals surface area contributed by atoms with Crippen LogP contribution in [-0.4, -0.2) is 35.9 Å². The minimum atomic E-state index is -0.0884. The topological polar surface area (TPSA) is 40.5 Å². The Bertz CT molecular complexity index is 330. The number of hydrogen-bond donors (Lipinski definition) is 1. The molecule has 1 N–H and O–H groups in total. The summed E-state index contributed by atoms with van der Waals surface area (Å²) < 4.78 is 0. The Labute approximate surface area is 90.3 Å². The number of aromatic hydroxyl groups is 1. The average Bonchev–Trinajstić information content (AvgIpc) is 2.15. The Morgan fingerprint density at radius 2 is 1.87 bits per heavy atom. The second kappa shape index (κ2) is 4.94. The van der Waals surface area contributed by atoms with Crippen LogP contribution in [0.4, 0.5) is 0 Å². The highest BCUT2D eigenvalue weighted by atomic mass is 16.3. The maximum Gasteiger partial charge on any atom is 0.147 e. The lowest BCUT2D eigenvalue weighted by molar-refractivity contribution is -0.121. The maximum absolute atomic E-state index is 11.4. The molecule has 0 heterocycles. The van der Waals surface area contributed by atoms with E-state index in [1.54, 1.807) is 19.1 Å². The molecule has 0 aliphatic heterocycles. The van der Waals surface area contributed by atoms with Crippen molar-refractivity contribution in [2.75, 3.05) is 14.1 Å². The molecule has 0 saturated heterocycles. The van der Waals surface area contributed by atoms with Crippen LogP contribution in [0.5, 0.6) is 5.75 Å². The van der Waals surface area contributed by atoms with Gasteiger partial charge in [0.15, 0.2) is 0 Å². The summed E-state index contributed by atoms with van der Waals surface area (Å²) in [6, 6.07) is 6.88. The first-order valence-corrected chi connectivity index (χ1v) is 4.95. The second-order valence-electron chi connectivity index (χ2n) is 3.96. The van der Waals surface area contributed by atoms with Crippen molar-refractivity contribution in [3.8, 4) is 5.75 Å². The fourth-order valence-electron chi connectivity index (χ4n) is 1.55. The lowest BCUT2D eigenvalue weighted by atomic mass is 10.0. The van der Waals surface area contributed by atoms with Gasteiger partial charge in [-0.25, -0.2) is 0 Å². The van der Waals surface area contributed by atoms with Crippen LogP contribution in [0.15, 0.2) is 24.3 Å². The van der Waals surface area contributed by atoms with E-state index >= 15 is 0 Å². The third-order valence-electron chi connectivity index (χ3n) is 2.46. The van der Waals surface area contributed by atoms with Crippen LogP contribution in [0.3, 0.4) is 0 Å². The standard InChI is InChI=1S/C12H17NO2/c1-9(14)12(13(2)3)8-10-4-6-11(15)7-5-10/h4-7,12,15H,8H2,1-3H3/t12-/m0/s1. The molecule has 0 bridgehead atoms. The Balaban J connectivity index is 2.74. The first kappa shape index (κ1) is 11.7. The first-order chi connectivity index (χ1) is 7.00. The molecule has 0 aromatic heterocycles. The Morgan fingerprint density at radius 1 is 1.33 bits per heavy atom. The number of hydrogen-bond acceptors (Lipinski definition) is 3. The minimum Gasteiger partial charge on any atom is -0.508 e. The fourth-order valence-corrected chi connectivity index (χ4v) is 1.55. The summed E-state index contributed by atoms with van der Waals surface area (Å²) in [5, 5.41) is 9.13. The van der Waals surface area contributed by atoms with Gasteiger partial charge in [-0.2, -0.15) is 0 Å². The molecule has 15 heavy (non-hydrogen) atoms. The number of benzene rings is 1. The van der Waals surface area contributed by atoms with E-state index in [1.807, 2.05) is 31.1 Å². The summed E-state index contributed by atoms with van der Waals surface area (Å²) in [6.07, 6.45) is 0.683. The zero-order valence-corrected chi connectivity index (χ0v) is 9.40. The number of rotatable bonds is 4. The van der Waals surface area contributed by atoms with Crippen molar-refractivity contribution in [1.29, 1.82) is 0 Å². The zero-order valence-electron chi connectivity index (χ0n) is 9.40. The molecule has 3 nitrogen and oxygen atoms in total. The summed E-state index contributed by atoms with van der Waals surface area (Å²) in [5.74, 6) is 0.413. The van der Waals surface area contributed by atoms with Gasteiger partial charge >= 0.3 is 0 Å². The number of carbonyl (C=O) groups is 1. The molecule has 82 valence electrons. The summed E-state index contributed by atoms with van der Waals surface area (Å²) >= 11 is 0. The number of nitrogens with zero attached hydrogens (tertiary/aromatic N) is 1. The van der Waals surface area contributed by atoms with Crippen molar-refractivity contribution in [2.24, 2.45) is 0 Å². The van der Waals surface area contributed by atoms with Gasteiger partial charge in [-0.1, -0.05) is 12.1 Å². The highest BCUT2D eigenvalue weighted by Gasteiger charge is 2.16. The van der Waals surface area contributed by atoms with Gasteiger partial charge in [-0.05, 0) is 45.1 Å². The van der Waals surface area contributed by atoms with Gasteiger partial charge in [0.05, 0.1) is 6.04 Å². The first-order valence-electron chi connectivity index (χ1n) is 4.95. The average molecular weight is 207 g/mol. The molecule has 3 heteroatoms. The molecule has 1 atom stereocenters. The number of Topliss-reactive ketones (excluding diaryl/α,β-unsaturated/α-hetero) is 1. The SMILES string of the molecule is CC(=O)[C@H](Cc1ccc(O)cc1)N(C)C. The van der Waals surface area contributed by atoms with Gasteiger partial charge < -0.3 is 5.11 Å². The Hall–Kier alpha value is -1.35. The normalized spacial score (nSPS) is 12.8. The van der Waals surface area contributed by atoms with Crippen LogP contribution in [0.2, 0.25) is 0 Å². The third kappa shape index (κ3) is 3.36. The summed E-state index contributed by atoms with van der Waals surface area (Å²) in [5.41, 5.74) is 1.06. The molecule has 0 spiro atoms. The van der Waals surface area contributed by atoms with Crippen molar-refractivity contribution < 1.29 is 9.90 Å². The smallest absolute Gasteiger partial charge is 0.147 e. The second-order valence-corrected chi connectivity index (χ2v) is 3.96. The predicted molar refractivity (Wildman–Crippen MR) is 60.0 cm³/mol. The highest BCUT2D eigenvalue weighted by molar-refractivity contribution is 5.81. The number of phenolic OH excluding ortho intramolecular Hbond substituents is 1. The molecular weight excluding hydrogens is 190 g/mol. The summed E-state index contributed by atoms with van der Waals surface area (Å²) in [4.78, 5) is 13.3. The monoisotopic (exact) mass is 207 g/mol. The van der Waals surface area contributed by atoms with Crippen molar-refractivity contribution in [2.45, 2.75) is 19.4 Å². The molecule has 1 aromatic rings. The van der Waals surface area contributed by atoms with E-state index in [2.05, 4.69) is 0 Å². The number of carbonyl (C=O) groups excluding carboxylic acids is 1. The Kier molecular flexibility index (Phi) is 3.86. The largest absolute Gasteiger partial charge is 0.508 e. The molecule has 0 amide bonds. The van der Waals surface area contributed by atoms with Gasteiger partial charge in [0.25, 0.3) is 0 Å². The molecule has 0 aliphatic rings. The molecule has 0 unspecified atom stereocenters. The van der Waals surface area contributed by atoms with E-state index in [9.17, 15) is 4.79 Å². The van der Waals surface area contributed by atoms with Gasteiger partial charge in [0, 0.05) is 0 Å². The molecule has 1 aromatic carbocycles. The van der Waals surface area contributed by atoms with Crippen LogP contribution >= 0.6 is 0 Å². The number of ketones is 1. The third-order valence-corrected chi connectivity index (χ3v) is 2.46. The van der Waals surface area contributed by atoms with Crippen LogP contribution in [-0.2, 0) is 11.2 Å². The summed E-state index contributed by atoms with van der Waals surface area (Å²) in [6.45, 7) is 1.60. The number of phenols is 1. The predicted octanol–water partition coefficient (Wildman–Crippen LogP) is 1.45. The highest BCUT2D eigenvalue weighted by Crippen LogP contribution is 2.13. The van der Waals surface area contributed by atoms with E-state index in [1.165, 1.54) is 0 Å². The zero-order chi connectivity index (χ0) is 11.4. The van der Waals surface area contributed by atoms with E-state index in [0.717, 1.165) is 5.56 Å². The van der Waals surface area contributed by atoms with Crippen LogP contribution in [0.25, 0.3) is 0 Å². The van der Waals surface area contributed by atoms with E-state index in [-0.39, 0.29) is 17.6 Å². The number of likely N-dealkylation sites (N-methyl/N-ethyl adjacent to an activating group) is 1. The van der Waals surface area contributed by atoms with Crippen molar-refractivity contribution in [3.05, 3.63) is 29.8 Å². The van der Waals surface area contributed by atoms with Gasteiger partial charge in [-0.3, -0.25) is 9.69 Å². The van der Waals surface area contributed by atoms with E-state index in [4.69, 9.17) is 5.11 Å². The van der Waals surface area contributed by atoms with Crippen molar-refractivity contribution >= 4 is 5.78 Å². The van der Waals surface area contributed by atoms with Crippen LogP contribution in [0, 0.1) is 0 Å². The van der Waals surface area contributed by atoms with Crippen molar-refractivity contribution in [1.82, 2.24) is 4.90 Å². The molecule has 0 aliphatic carbocycles. The molecule has 1 rings (SSSR count). The molecular formula is C12H17NO2. The van der Waals surface area contributed by atoms with Crippen LogP contribution in [0.1, 0.15) is 12.5 Å². The lowest BCUT2D eigenvalue weighted by Crippen LogP contribution is -2.36. The molecule has 0 radical (unpaired) electrons. The quantitative estimate of drug-likeness (QED) is 0.812. The maximum atomic E-state index is 11.4. The lowest BCUT2D eigenvalue weighted by Gasteiger charge is -2.21. The molecule has 0 fully saturated rings. The van der Waals surface area contributed by atoms with Gasteiger partial charge in [0.1, 0.15) is 11.5 Å². The van der Waals surface area contributed by atoms with Crippen LogP contribution < -0.4 is 0 Å². The van der Waals surface area contributed by atoms with Gasteiger partial charge in [0.2, 0.25) is 0 Å². The minimum absolute atomic E-state index is 0.0884. The fraction of sp³-hybridized carbons (Fsp3) is 0.417. The van der Waals surface area contributed by atoms with E-state index < -0.39 is 0 Å². The Morgan fingerprint density at radius 3 is 2.27 bits per heavy atom. The van der Waals surface area contributed by atoms with Crippen molar-refractivity contribution in [3.63, 3.8) is 0 Å². The summed E-state index contributed by atoms with van der Waals surface area (Å²) in [7, 11) is 3.79. The molecule has 0 saturated carbocycles.